The van der Waals surface area contributed by atoms with E-state index in [-0.39, 0.29) is 5.82 Å². The van der Waals surface area contributed by atoms with Crippen LogP contribution in [0.5, 0.6) is 0 Å². The van der Waals surface area contributed by atoms with Crippen molar-refractivity contribution >= 4 is 27.0 Å². The first kappa shape index (κ1) is 7.67. The van der Waals surface area contributed by atoms with Crippen molar-refractivity contribution in [2.45, 2.75) is 0 Å². The largest absolute Gasteiger partial charge is 0.246 e. The Morgan fingerprint density at radius 2 is 2.25 bits per heavy atom. The van der Waals surface area contributed by atoms with Crippen molar-refractivity contribution in [2.24, 2.45) is 7.05 Å². The maximum absolute atomic E-state index is 13.0. The minimum atomic E-state index is -0.298. The molecule has 0 aliphatic heterocycles. The van der Waals surface area contributed by atoms with Crippen LogP contribution in [0.4, 0.5) is 4.39 Å². The van der Waals surface area contributed by atoms with Crippen LogP contribution in [0.3, 0.4) is 0 Å². The fraction of sp³-hybridized carbons (Fsp3) is 0.143. The third-order valence-corrected chi connectivity index (χ3v) is 2.41. The topological polar surface area (TPSA) is 30.7 Å². The average molecular weight is 230 g/mol. The highest BCUT2D eigenvalue weighted by atomic mass is 79.9. The maximum atomic E-state index is 13.0. The lowest BCUT2D eigenvalue weighted by molar-refractivity contribution is 0.621. The summed E-state index contributed by atoms with van der Waals surface area (Å²) in [5, 5.41) is 7.60. The number of benzene rings is 1. The van der Waals surface area contributed by atoms with Gasteiger partial charge in [0.05, 0.1) is 4.47 Å². The lowest BCUT2D eigenvalue weighted by Crippen LogP contribution is -1.91. The third-order valence-electron chi connectivity index (χ3n) is 1.66. The Bertz CT molecular complexity index is 437. The van der Waals surface area contributed by atoms with Gasteiger partial charge >= 0.3 is 0 Å². The van der Waals surface area contributed by atoms with E-state index in [9.17, 15) is 4.39 Å². The van der Waals surface area contributed by atoms with E-state index in [4.69, 9.17) is 0 Å². The van der Waals surface area contributed by atoms with Crippen molar-refractivity contribution in [3.05, 3.63) is 22.4 Å². The molecule has 0 saturated carbocycles. The van der Waals surface area contributed by atoms with Crippen molar-refractivity contribution < 1.29 is 4.39 Å². The molecule has 0 saturated heterocycles. The number of aromatic nitrogens is 3. The maximum Gasteiger partial charge on any atom is 0.139 e. The highest BCUT2D eigenvalue weighted by molar-refractivity contribution is 9.10. The van der Waals surface area contributed by atoms with Gasteiger partial charge in [0, 0.05) is 7.05 Å². The lowest BCUT2D eigenvalue weighted by Gasteiger charge is -1.96. The van der Waals surface area contributed by atoms with Gasteiger partial charge in [-0.2, -0.15) is 0 Å². The van der Waals surface area contributed by atoms with Crippen LogP contribution in [0.25, 0.3) is 11.0 Å². The van der Waals surface area contributed by atoms with Crippen LogP contribution in [0.2, 0.25) is 0 Å². The van der Waals surface area contributed by atoms with Crippen LogP contribution >= 0.6 is 15.9 Å². The summed E-state index contributed by atoms with van der Waals surface area (Å²) in [5.74, 6) is -0.298. The SMILES string of the molecule is Cn1nnc2ccc(F)c(Br)c21. The minimum absolute atomic E-state index is 0.298. The predicted molar refractivity (Wildman–Crippen MR) is 46.2 cm³/mol. The Morgan fingerprint density at radius 3 is 3.00 bits per heavy atom. The molecule has 0 amide bonds. The van der Waals surface area contributed by atoms with Crippen molar-refractivity contribution in [2.75, 3.05) is 0 Å². The molecule has 0 spiro atoms. The molecule has 0 aliphatic rings. The molecule has 0 aliphatic carbocycles. The van der Waals surface area contributed by atoms with Gasteiger partial charge in [-0.05, 0) is 28.1 Å². The summed E-state index contributed by atoms with van der Waals surface area (Å²) in [7, 11) is 1.72. The lowest BCUT2D eigenvalue weighted by atomic mass is 10.3. The van der Waals surface area contributed by atoms with Crippen molar-refractivity contribution in [3.8, 4) is 0 Å². The van der Waals surface area contributed by atoms with Crippen LogP contribution < -0.4 is 0 Å². The predicted octanol–water partition coefficient (Wildman–Crippen LogP) is 1.87. The summed E-state index contributed by atoms with van der Waals surface area (Å²) in [6, 6.07) is 2.96. The molecule has 0 fully saturated rings. The Morgan fingerprint density at radius 1 is 1.50 bits per heavy atom. The first-order chi connectivity index (χ1) is 5.70. The second-order valence-electron chi connectivity index (χ2n) is 2.44. The standard InChI is InChI=1S/C7H5BrFN3/c1-12-7-5(10-11-12)3-2-4(9)6(7)8/h2-3H,1H3. The van der Waals surface area contributed by atoms with E-state index in [2.05, 4.69) is 26.2 Å². The summed E-state index contributed by atoms with van der Waals surface area (Å²) in [6.07, 6.45) is 0. The Kier molecular flexibility index (Phi) is 1.61. The molecule has 0 bridgehead atoms. The molecular weight excluding hydrogens is 225 g/mol. The summed E-state index contributed by atoms with van der Waals surface area (Å²) in [5.41, 5.74) is 1.36. The fourth-order valence-corrected chi connectivity index (χ4v) is 1.67. The van der Waals surface area contributed by atoms with E-state index in [1.807, 2.05) is 0 Å². The monoisotopic (exact) mass is 229 g/mol. The molecule has 12 heavy (non-hydrogen) atoms. The first-order valence-electron chi connectivity index (χ1n) is 3.33. The molecule has 2 aromatic rings. The molecule has 0 radical (unpaired) electrons. The van der Waals surface area contributed by atoms with E-state index in [1.165, 1.54) is 10.7 Å². The molecule has 62 valence electrons. The molecule has 0 N–H and O–H groups in total. The third kappa shape index (κ3) is 0.929. The second-order valence-corrected chi connectivity index (χ2v) is 3.24. The second kappa shape index (κ2) is 2.52. The van der Waals surface area contributed by atoms with Crippen molar-refractivity contribution in [1.82, 2.24) is 15.0 Å². The zero-order valence-electron chi connectivity index (χ0n) is 6.25. The van der Waals surface area contributed by atoms with Gasteiger partial charge in [0.2, 0.25) is 0 Å². The number of aryl methyl sites for hydroxylation is 1. The Labute approximate surface area is 76.3 Å². The Hall–Kier alpha value is -0.970. The number of rotatable bonds is 0. The van der Waals surface area contributed by atoms with Gasteiger partial charge in [0.1, 0.15) is 16.9 Å². The Balaban J connectivity index is 2.96. The number of halogens is 2. The van der Waals surface area contributed by atoms with Gasteiger partial charge in [-0.25, -0.2) is 9.07 Å². The molecule has 0 atom stereocenters. The molecule has 1 aromatic heterocycles. The molecule has 0 unspecified atom stereocenters. The summed E-state index contributed by atoms with van der Waals surface area (Å²) >= 11 is 3.13. The minimum Gasteiger partial charge on any atom is -0.246 e. The van der Waals surface area contributed by atoms with E-state index in [1.54, 1.807) is 13.1 Å². The number of nitrogens with zero attached hydrogens (tertiary/aromatic N) is 3. The number of hydrogen-bond donors (Lipinski definition) is 0. The molecular formula is C7H5BrFN3. The van der Waals surface area contributed by atoms with E-state index in [0.29, 0.717) is 15.5 Å². The zero-order chi connectivity index (χ0) is 8.72. The van der Waals surface area contributed by atoms with Crippen LogP contribution in [-0.2, 0) is 7.05 Å². The quantitative estimate of drug-likeness (QED) is 0.691. The van der Waals surface area contributed by atoms with Gasteiger partial charge in [0.15, 0.2) is 0 Å². The van der Waals surface area contributed by atoms with Crippen LogP contribution in [0.15, 0.2) is 16.6 Å². The molecule has 2 rings (SSSR count). The number of fused-ring (bicyclic) bond motifs is 1. The zero-order valence-corrected chi connectivity index (χ0v) is 7.84. The van der Waals surface area contributed by atoms with Gasteiger partial charge < -0.3 is 0 Å². The van der Waals surface area contributed by atoms with Gasteiger partial charge in [-0.3, -0.25) is 0 Å². The molecule has 3 nitrogen and oxygen atoms in total. The summed E-state index contributed by atoms with van der Waals surface area (Å²) in [6.45, 7) is 0. The van der Waals surface area contributed by atoms with Crippen molar-refractivity contribution in [3.63, 3.8) is 0 Å². The first-order valence-corrected chi connectivity index (χ1v) is 4.13. The van der Waals surface area contributed by atoms with E-state index < -0.39 is 0 Å². The van der Waals surface area contributed by atoms with E-state index in [0.717, 1.165) is 0 Å². The summed E-state index contributed by atoms with van der Waals surface area (Å²) in [4.78, 5) is 0. The molecule has 1 aromatic carbocycles. The van der Waals surface area contributed by atoms with E-state index >= 15 is 0 Å². The smallest absolute Gasteiger partial charge is 0.139 e. The van der Waals surface area contributed by atoms with Gasteiger partial charge in [-0.15, -0.1) is 5.10 Å². The van der Waals surface area contributed by atoms with Crippen LogP contribution in [0.1, 0.15) is 0 Å². The van der Waals surface area contributed by atoms with Gasteiger partial charge in [-0.1, -0.05) is 5.21 Å². The van der Waals surface area contributed by atoms with Crippen molar-refractivity contribution in [1.29, 1.82) is 0 Å². The average Bonchev–Trinajstić information content (AvgIpc) is 2.41. The summed E-state index contributed by atoms with van der Waals surface area (Å²) < 4.78 is 14.9. The highest BCUT2D eigenvalue weighted by Gasteiger charge is 2.08. The van der Waals surface area contributed by atoms with Gasteiger partial charge in [0.25, 0.3) is 0 Å². The van der Waals surface area contributed by atoms with Crippen LogP contribution in [-0.4, -0.2) is 15.0 Å². The fourth-order valence-electron chi connectivity index (χ4n) is 1.08. The number of hydrogen-bond acceptors (Lipinski definition) is 2. The highest BCUT2D eigenvalue weighted by Crippen LogP contribution is 2.24. The van der Waals surface area contributed by atoms with Crippen LogP contribution in [0, 0.1) is 5.82 Å². The molecule has 1 heterocycles. The normalized spacial score (nSPS) is 10.9. The molecule has 5 heteroatoms.